The first-order valence-electron chi connectivity index (χ1n) is 7.71. The molecule has 2 bridgehead atoms. The Morgan fingerprint density at radius 1 is 1.23 bits per heavy atom. The molecule has 1 N–H and O–H groups in total. The quantitative estimate of drug-likeness (QED) is 0.931. The summed E-state index contributed by atoms with van der Waals surface area (Å²) in [6, 6.07) is 8.06. The van der Waals surface area contributed by atoms with E-state index >= 15 is 0 Å². The predicted octanol–water partition coefficient (Wildman–Crippen LogP) is 3.05. The molecule has 3 atom stereocenters. The van der Waals surface area contributed by atoms with E-state index in [-0.39, 0.29) is 21.8 Å². The monoisotopic (exact) mass is 318 g/mol. The highest BCUT2D eigenvalue weighted by Crippen LogP contribution is 2.62. The number of rotatable bonds is 3. The highest BCUT2D eigenvalue weighted by Gasteiger charge is 2.60. The van der Waals surface area contributed by atoms with E-state index < -0.39 is 10.0 Å². The Kier molecular flexibility index (Phi) is 3.39. The third kappa shape index (κ3) is 2.26. The van der Waals surface area contributed by atoms with E-state index in [9.17, 15) is 8.42 Å². The van der Waals surface area contributed by atoms with Crippen molar-refractivity contribution in [3.63, 3.8) is 0 Å². The molecule has 5 heteroatoms. The smallest absolute Gasteiger partial charge is 0.207 e. The average molecular weight is 318 g/mol. The van der Waals surface area contributed by atoms with Crippen LogP contribution in [-0.4, -0.2) is 14.5 Å². The topological polar surface area (TPSA) is 70.0 Å². The molecule has 2 aliphatic rings. The van der Waals surface area contributed by atoms with Gasteiger partial charge in [0.1, 0.15) is 0 Å². The van der Waals surface area contributed by atoms with Crippen LogP contribution in [0.2, 0.25) is 0 Å². The number of fused-ring (bicyclic) bond motifs is 2. The van der Waals surface area contributed by atoms with Gasteiger partial charge in [-0.15, -0.1) is 0 Å². The number of hydrogen-bond acceptors (Lipinski definition) is 3. The fourth-order valence-electron chi connectivity index (χ4n) is 4.53. The normalized spacial score (nSPS) is 32.8. The SMILES string of the molecule is CC1(C)[C@H]2CC[C@](C)(C2)[C@H]1NS(=O)(=O)c1ccc(C#N)cc1. The number of nitrogens with zero attached hydrogens (tertiary/aromatic N) is 1. The van der Waals surface area contributed by atoms with Crippen LogP contribution in [0.25, 0.3) is 0 Å². The molecule has 4 nitrogen and oxygen atoms in total. The van der Waals surface area contributed by atoms with Crippen molar-refractivity contribution in [3.8, 4) is 6.07 Å². The minimum atomic E-state index is -3.56. The van der Waals surface area contributed by atoms with Gasteiger partial charge in [-0.05, 0) is 60.3 Å². The van der Waals surface area contributed by atoms with Crippen LogP contribution < -0.4 is 4.72 Å². The fourth-order valence-corrected chi connectivity index (χ4v) is 6.06. The Bertz CT molecular complexity index is 726. The van der Waals surface area contributed by atoms with Gasteiger partial charge < -0.3 is 0 Å². The summed E-state index contributed by atoms with van der Waals surface area (Å²) >= 11 is 0. The molecule has 0 aliphatic heterocycles. The molecule has 118 valence electrons. The van der Waals surface area contributed by atoms with Crippen molar-refractivity contribution in [1.82, 2.24) is 4.72 Å². The standard InChI is InChI=1S/C17H22N2O2S/c1-16(2)13-8-9-17(3,10-13)15(16)19-22(20,21)14-6-4-12(11-18)5-7-14/h4-7,13,15,19H,8-10H2,1-3H3/t13-,15-,17+/m0/s1. The molecule has 1 aromatic rings. The molecule has 2 aliphatic carbocycles. The van der Waals surface area contributed by atoms with Crippen LogP contribution in [0, 0.1) is 28.1 Å². The van der Waals surface area contributed by atoms with E-state index in [1.807, 2.05) is 6.07 Å². The molecular formula is C17H22N2O2S. The summed E-state index contributed by atoms with van der Waals surface area (Å²) in [5.41, 5.74) is 0.492. The predicted molar refractivity (Wildman–Crippen MR) is 84.5 cm³/mol. The van der Waals surface area contributed by atoms with Crippen LogP contribution in [0.3, 0.4) is 0 Å². The lowest BCUT2D eigenvalue weighted by Gasteiger charge is -2.42. The summed E-state index contributed by atoms with van der Waals surface area (Å²) in [6.45, 7) is 6.55. The highest BCUT2D eigenvalue weighted by molar-refractivity contribution is 7.89. The van der Waals surface area contributed by atoms with Gasteiger partial charge >= 0.3 is 0 Å². The van der Waals surface area contributed by atoms with E-state index in [2.05, 4.69) is 25.5 Å². The zero-order chi connectivity index (χ0) is 16.2. The Morgan fingerprint density at radius 3 is 2.36 bits per heavy atom. The lowest BCUT2D eigenvalue weighted by atomic mass is 9.69. The molecule has 2 saturated carbocycles. The van der Waals surface area contributed by atoms with Gasteiger partial charge in [0.05, 0.1) is 16.5 Å². The summed E-state index contributed by atoms with van der Waals surface area (Å²) in [7, 11) is -3.56. The van der Waals surface area contributed by atoms with Crippen LogP contribution in [0.1, 0.15) is 45.6 Å². The maximum atomic E-state index is 12.7. The first-order chi connectivity index (χ1) is 10.2. The van der Waals surface area contributed by atoms with Crippen molar-refractivity contribution in [1.29, 1.82) is 5.26 Å². The van der Waals surface area contributed by atoms with Crippen molar-refractivity contribution >= 4 is 10.0 Å². The second-order valence-corrected chi connectivity index (χ2v) is 9.32. The summed E-state index contributed by atoms with van der Waals surface area (Å²) < 4.78 is 28.4. The molecule has 0 heterocycles. The van der Waals surface area contributed by atoms with Gasteiger partial charge in [0.25, 0.3) is 0 Å². The molecule has 3 rings (SSSR count). The van der Waals surface area contributed by atoms with Crippen LogP contribution in [0.5, 0.6) is 0 Å². The maximum absolute atomic E-state index is 12.7. The molecule has 22 heavy (non-hydrogen) atoms. The van der Waals surface area contributed by atoms with Crippen molar-refractivity contribution in [2.45, 2.75) is 51.0 Å². The van der Waals surface area contributed by atoms with E-state index in [0.29, 0.717) is 11.5 Å². The summed E-state index contributed by atoms with van der Waals surface area (Å²) in [4.78, 5) is 0.230. The minimum Gasteiger partial charge on any atom is -0.207 e. The molecule has 0 amide bonds. The average Bonchev–Trinajstić information content (AvgIpc) is 2.95. The fraction of sp³-hybridized carbons (Fsp3) is 0.588. The molecule has 0 radical (unpaired) electrons. The lowest BCUT2D eigenvalue weighted by Crippen LogP contribution is -2.52. The Labute approximate surface area is 132 Å². The van der Waals surface area contributed by atoms with Gasteiger partial charge in [-0.1, -0.05) is 20.8 Å². The number of sulfonamides is 1. The molecule has 1 aromatic carbocycles. The summed E-state index contributed by atoms with van der Waals surface area (Å²) in [5.74, 6) is 0.589. The van der Waals surface area contributed by atoms with Crippen molar-refractivity contribution in [2.24, 2.45) is 16.7 Å². The number of nitrogens with one attached hydrogen (secondary N) is 1. The summed E-state index contributed by atoms with van der Waals surface area (Å²) in [6.07, 6.45) is 3.38. The second kappa shape index (κ2) is 4.81. The number of benzene rings is 1. The van der Waals surface area contributed by atoms with Crippen LogP contribution in [0.15, 0.2) is 29.2 Å². The molecular weight excluding hydrogens is 296 g/mol. The van der Waals surface area contributed by atoms with Crippen molar-refractivity contribution < 1.29 is 8.42 Å². The minimum absolute atomic E-state index is 0.0212. The first-order valence-corrected chi connectivity index (χ1v) is 9.20. The molecule has 0 aromatic heterocycles. The highest BCUT2D eigenvalue weighted by atomic mass is 32.2. The van der Waals surface area contributed by atoms with E-state index in [0.717, 1.165) is 12.8 Å². The van der Waals surface area contributed by atoms with Gasteiger partial charge in [0.2, 0.25) is 10.0 Å². The number of hydrogen-bond donors (Lipinski definition) is 1. The number of nitriles is 1. The Balaban J connectivity index is 1.90. The van der Waals surface area contributed by atoms with Gasteiger partial charge in [-0.25, -0.2) is 13.1 Å². The largest absolute Gasteiger partial charge is 0.240 e. The van der Waals surface area contributed by atoms with Crippen molar-refractivity contribution in [3.05, 3.63) is 29.8 Å². The van der Waals surface area contributed by atoms with Crippen LogP contribution in [-0.2, 0) is 10.0 Å². The van der Waals surface area contributed by atoms with E-state index in [4.69, 9.17) is 5.26 Å². The van der Waals surface area contributed by atoms with Gasteiger partial charge in [-0.3, -0.25) is 0 Å². The molecule has 0 unspecified atom stereocenters. The maximum Gasteiger partial charge on any atom is 0.240 e. The summed E-state index contributed by atoms with van der Waals surface area (Å²) in [5, 5.41) is 8.82. The van der Waals surface area contributed by atoms with Crippen LogP contribution in [0.4, 0.5) is 0 Å². The van der Waals surface area contributed by atoms with Gasteiger partial charge in [0.15, 0.2) is 0 Å². The van der Waals surface area contributed by atoms with Crippen molar-refractivity contribution in [2.75, 3.05) is 0 Å². The van der Waals surface area contributed by atoms with Gasteiger partial charge in [0, 0.05) is 6.04 Å². The second-order valence-electron chi connectivity index (χ2n) is 7.61. The Morgan fingerprint density at radius 2 is 1.86 bits per heavy atom. The zero-order valence-corrected chi connectivity index (χ0v) is 14.1. The van der Waals surface area contributed by atoms with E-state index in [1.165, 1.54) is 18.6 Å². The third-order valence-electron chi connectivity index (χ3n) is 5.84. The molecule has 2 fully saturated rings. The molecule has 0 saturated heterocycles. The lowest BCUT2D eigenvalue weighted by molar-refractivity contribution is 0.127. The molecule has 0 spiro atoms. The van der Waals surface area contributed by atoms with E-state index in [1.54, 1.807) is 12.1 Å². The zero-order valence-electron chi connectivity index (χ0n) is 13.3. The van der Waals surface area contributed by atoms with Crippen LogP contribution >= 0.6 is 0 Å². The first kappa shape index (κ1) is 15.5. The van der Waals surface area contributed by atoms with Gasteiger partial charge in [-0.2, -0.15) is 5.26 Å². The third-order valence-corrected chi connectivity index (χ3v) is 7.28. The Hall–Kier alpha value is -1.38.